The maximum atomic E-state index is 10.4. The number of aldehydes is 2. The van der Waals surface area contributed by atoms with Crippen LogP contribution in [0.2, 0.25) is 0 Å². The average Bonchev–Trinajstić information content (AvgIpc) is 4.10. The Labute approximate surface area is 381 Å². The first-order chi connectivity index (χ1) is 29.6. The van der Waals surface area contributed by atoms with Crippen molar-refractivity contribution in [2.75, 3.05) is 46.2 Å². The minimum absolute atomic E-state index is 0.506. The van der Waals surface area contributed by atoms with Crippen LogP contribution in [0.15, 0.2) is 0 Å². The first kappa shape index (κ1) is 61.6. The van der Waals surface area contributed by atoms with Crippen molar-refractivity contribution >= 4 is 24.5 Å². The third kappa shape index (κ3) is 51.9. The van der Waals surface area contributed by atoms with Gasteiger partial charge in [0.25, 0.3) is 0 Å². The van der Waals surface area contributed by atoms with Crippen LogP contribution in [-0.4, -0.2) is 75.8 Å². The Morgan fingerprint density at radius 1 is 0.500 bits per heavy atom. The molecule has 1 unspecified atom stereocenters. The molecule has 0 aromatic carbocycles. The lowest BCUT2D eigenvalue weighted by atomic mass is 10.0. The van der Waals surface area contributed by atoms with Crippen LogP contribution in [0.5, 0.6) is 0 Å². The number of hydrogen-bond donors (Lipinski definition) is 1. The predicted molar refractivity (Wildman–Crippen MR) is 268 cm³/mol. The van der Waals surface area contributed by atoms with Gasteiger partial charge in [-0.1, -0.05) is 194 Å². The number of nitrogens with zero attached hydrogens (tertiary/aromatic N) is 1. The van der Waals surface area contributed by atoms with Gasteiger partial charge < -0.3 is 24.0 Å². The van der Waals surface area contributed by atoms with E-state index in [4.69, 9.17) is 9.47 Å². The van der Waals surface area contributed by atoms with E-state index in [1.165, 1.54) is 231 Å². The number of methoxy groups -OCH3 is 2. The van der Waals surface area contributed by atoms with Crippen LogP contribution in [0.1, 0.15) is 265 Å². The molecular formula is C53H108N2O4S. The van der Waals surface area contributed by atoms with Crippen molar-refractivity contribution < 1.29 is 19.1 Å². The molecule has 0 bridgehead atoms. The maximum Gasteiger partial charge on any atom is 0.119 e. The van der Waals surface area contributed by atoms with Crippen molar-refractivity contribution in [1.29, 1.82) is 0 Å². The predicted octanol–water partition coefficient (Wildman–Crippen LogP) is 16.1. The maximum absolute atomic E-state index is 10.4. The lowest BCUT2D eigenvalue weighted by Crippen LogP contribution is -2.29. The zero-order valence-corrected chi connectivity index (χ0v) is 42.4. The summed E-state index contributed by atoms with van der Waals surface area (Å²) in [5, 5.41) is 0. The second-order valence-electron chi connectivity index (χ2n) is 18.1. The van der Waals surface area contributed by atoms with Gasteiger partial charge in [0.1, 0.15) is 12.6 Å². The molecule has 1 aliphatic rings. The molecule has 1 atom stereocenters. The van der Waals surface area contributed by atoms with E-state index in [0.717, 1.165) is 57.1 Å². The van der Waals surface area contributed by atoms with Crippen LogP contribution >= 0.6 is 11.9 Å². The van der Waals surface area contributed by atoms with Gasteiger partial charge in [0, 0.05) is 39.4 Å². The van der Waals surface area contributed by atoms with Crippen molar-refractivity contribution in [2.24, 2.45) is 5.92 Å². The SMILES string of the molecule is CCCCCCCCC(CC)OC.CCCCCCCCC(CCCCCCCC)OC.O=CCCCCCCCN(CCCCCCCC=O)CCCNSCC1CC1. The van der Waals surface area contributed by atoms with Gasteiger partial charge in [0.2, 0.25) is 0 Å². The monoisotopic (exact) mass is 869 g/mol. The van der Waals surface area contributed by atoms with Gasteiger partial charge >= 0.3 is 0 Å². The van der Waals surface area contributed by atoms with E-state index in [-0.39, 0.29) is 0 Å². The molecule has 0 aromatic rings. The Morgan fingerprint density at radius 2 is 0.867 bits per heavy atom. The van der Waals surface area contributed by atoms with Gasteiger partial charge in [-0.25, -0.2) is 0 Å². The minimum Gasteiger partial charge on any atom is -0.381 e. The number of nitrogens with one attached hydrogen (secondary N) is 1. The smallest absolute Gasteiger partial charge is 0.119 e. The van der Waals surface area contributed by atoms with Crippen molar-refractivity contribution in [3.05, 3.63) is 0 Å². The van der Waals surface area contributed by atoms with E-state index in [1.54, 1.807) is 0 Å². The Balaban J connectivity index is 0. The summed E-state index contributed by atoms with van der Waals surface area (Å²) in [4.78, 5) is 23.4. The zero-order chi connectivity index (χ0) is 44.3. The fourth-order valence-electron chi connectivity index (χ4n) is 7.76. The summed E-state index contributed by atoms with van der Waals surface area (Å²) < 4.78 is 14.5. The molecule has 1 N–H and O–H groups in total. The molecule has 0 aliphatic heterocycles. The number of carbonyl (C=O) groups excluding carboxylic acids is 2. The molecular weight excluding hydrogens is 761 g/mol. The Morgan fingerprint density at radius 3 is 1.25 bits per heavy atom. The molecule has 0 saturated heterocycles. The summed E-state index contributed by atoms with van der Waals surface area (Å²) in [5.74, 6) is 2.28. The fourth-order valence-corrected chi connectivity index (χ4v) is 8.73. The number of rotatable bonds is 47. The molecule has 0 spiro atoms. The highest BCUT2D eigenvalue weighted by atomic mass is 32.2. The van der Waals surface area contributed by atoms with E-state index >= 15 is 0 Å². The molecule has 0 amide bonds. The lowest BCUT2D eigenvalue weighted by Gasteiger charge is -2.22. The second-order valence-corrected chi connectivity index (χ2v) is 19.0. The number of ether oxygens (including phenoxy) is 2. The topological polar surface area (TPSA) is 67.9 Å². The molecule has 360 valence electrons. The molecule has 1 aliphatic carbocycles. The average molecular weight is 870 g/mol. The van der Waals surface area contributed by atoms with Crippen LogP contribution in [0.25, 0.3) is 0 Å². The van der Waals surface area contributed by atoms with Crippen LogP contribution in [0.3, 0.4) is 0 Å². The van der Waals surface area contributed by atoms with E-state index in [1.807, 2.05) is 26.2 Å². The first-order valence-electron chi connectivity index (χ1n) is 26.6. The lowest BCUT2D eigenvalue weighted by molar-refractivity contribution is -0.108. The molecule has 1 rings (SSSR count). The van der Waals surface area contributed by atoms with Crippen molar-refractivity contribution in [3.8, 4) is 0 Å². The highest BCUT2D eigenvalue weighted by Crippen LogP contribution is 2.31. The highest BCUT2D eigenvalue weighted by molar-refractivity contribution is 7.97. The van der Waals surface area contributed by atoms with E-state index < -0.39 is 0 Å². The van der Waals surface area contributed by atoms with Gasteiger partial charge in [0.15, 0.2) is 0 Å². The van der Waals surface area contributed by atoms with Crippen LogP contribution in [0, 0.1) is 5.92 Å². The largest absolute Gasteiger partial charge is 0.381 e. The molecule has 1 fully saturated rings. The van der Waals surface area contributed by atoms with Crippen molar-refractivity contribution in [2.45, 2.75) is 277 Å². The summed E-state index contributed by atoms with van der Waals surface area (Å²) in [6.07, 6.45) is 50.8. The van der Waals surface area contributed by atoms with Gasteiger partial charge in [-0.05, 0) is 96.2 Å². The third-order valence-corrected chi connectivity index (χ3v) is 13.3. The van der Waals surface area contributed by atoms with Crippen LogP contribution in [-0.2, 0) is 19.1 Å². The normalized spacial score (nSPS) is 12.9. The van der Waals surface area contributed by atoms with Gasteiger partial charge in [-0.3, -0.25) is 4.72 Å². The summed E-state index contributed by atoms with van der Waals surface area (Å²) in [6, 6.07) is 0. The Hall–Kier alpha value is -0.470. The molecule has 0 heterocycles. The second kappa shape index (κ2) is 54.7. The summed E-state index contributed by atoms with van der Waals surface area (Å²) in [5.41, 5.74) is 0. The number of hydrogen-bond acceptors (Lipinski definition) is 7. The standard InChI is InChI=1S/C23H44N2O2S.C18H38O.C12H26O/c26-20-11-7-3-1-5-9-17-25(18-10-6-2-4-8-12-21-27)19-13-16-24-28-22-23-14-15-23;1-4-6-8-10-12-14-16-18(19-3)17-15-13-11-9-7-5-2;1-4-6-7-8-9-10-11-12(5-2)13-3/h20-21,23-24H,1-19,22H2;18H,4-17H2,1-3H3;12H,4-11H2,1-3H3. The molecule has 60 heavy (non-hydrogen) atoms. The van der Waals surface area contributed by atoms with Gasteiger partial charge in [-0.2, -0.15) is 0 Å². The number of unbranched alkanes of at least 4 members (excludes halogenated alkanes) is 25. The third-order valence-electron chi connectivity index (χ3n) is 12.2. The van der Waals surface area contributed by atoms with Crippen LogP contribution in [0.4, 0.5) is 0 Å². The van der Waals surface area contributed by atoms with E-state index in [2.05, 4.69) is 37.3 Å². The molecule has 1 saturated carbocycles. The van der Waals surface area contributed by atoms with Gasteiger partial charge in [-0.15, -0.1) is 0 Å². The Kier molecular flexibility index (Phi) is 56.1. The summed E-state index contributed by atoms with van der Waals surface area (Å²) in [6.45, 7) is 13.8. The fraction of sp³-hybridized carbons (Fsp3) is 0.962. The first-order valence-corrected chi connectivity index (χ1v) is 27.5. The van der Waals surface area contributed by atoms with Crippen molar-refractivity contribution in [3.63, 3.8) is 0 Å². The van der Waals surface area contributed by atoms with Crippen molar-refractivity contribution in [1.82, 2.24) is 9.62 Å². The minimum atomic E-state index is 0.506. The highest BCUT2D eigenvalue weighted by Gasteiger charge is 2.20. The van der Waals surface area contributed by atoms with Gasteiger partial charge in [0.05, 0.1) is 12.2 Å². The molecule has 0 radical (unpaired) electrons. The summed E-state index contributed by atoms with van der Waals surface area (Å²) in [7, 11) is 3.71. The number of carbonyl (C=O) groups is 2. The van der Waals surface area contributed by atoms with E-state index in [0.29, 0.717) is 12.2 Å². The summed E-state index contributed by atoms with van der Waals surface area (Å²) >= 11 is 1.92. The quantitative estimate of drug-likeness (QED) is 0.0371. The Bertz CT molecular complexity index is 759. The molecule has 0 aromatic heterocycles. The molecule has 6 nitrogen and oxygen atoms in total. The van der Waals surface area contributed by atoms with Crippen LogP contribution < -0.4 is 4.72 Å². The van der Waals surface area contributed by atoms with E-state index in [9.17, 15) is 9.59 Å². The molecule has 7 heteroatoms. The zero-order valence-electron chi connectivity index (χ0n) is 41.6.